The van der Waals surface area contributed by atoms with E-state index in [-0.39, 0.29) is 29.1 Å². The lowest BCUT2D eigenvalue weighted by Crippen LogP contribution is -2.41. The van der Waals surface area contributed by atoms with Gasteiger partial charge in [0.2, 0.25) is 5.88 Å². The number of hydrogen-bond acceptors (Lipinski definition) is 8. The fourth-order valence-electron chi connectivity index (χ4n) is 3.73. The summed E-state index contributed by atoms with van der Waals surface area (Å²) in [5.41, 5.74) is 0.999. The van der Waals surface area contributed by atoms with Crippen LogP contribution >= 0.6 is 0 Å². The molecule has 0 saturated carbocycles. The molecule has 4 rings (SSSR count). The highest BCUT2D eigenvalue weighted by atomic mass is 19.1. The van der Waals surface area contributed by atoms with Gasteiger partial charge in [0.1, 0.15) is 24.3 Å². The van der Waals surface area contributed by atoms with Crippen molar-refractivity contribution in [3.63, 3.8) is 0 Å². The molecule has 168 valence electrons. The van der Waals surface area contributed by atoms with Gasteiger partial charge in [0.15, 0.2) is 11.4 Å². The summed E-state index contributed by atoms with van der Waals surface area (Å²) in [5, 5.41) is 21.6. The molecule has 11 heteroatoms. The van der Waals surface area contributed by atoms with E-state index in [1.165, 1.54) is 17.3 Å². The van der Waals surface area contributed by atoms with Gasteiger partial charge < -0.3 is 29.7 Å². The van der Waals surface area contributed by atoms with Crippen molar-refractivity contribution >= 4 is 23.3 Å². The van der Waals surface area contributed by atoms with E-state index >= 15 is 0 Å². The van der Waals surface area contributed by atoms with Gasteiger partial charge in [-0.15, -0.1) is 0 Å². The predicted octanol–water partition coefficient (Wildman–Crippen LogP) is 2.59. The van der Waals surface area contributed by atoms with Gasteiger partial charge in [-0.05, 0) is 18.2 Å². The van der Waals surface area contributed by atoms with Crippen molar-refractivity contribution in [1.82, 2.24) is 14.9 Å². The molecule has 2 fully saturated rings. The molecule has 3 heterocycles. The zero-order chi connectivity index (χ0) is 22.5. The van der Waals surface area contributed by atoms with E-state index in [1.54, 1.807) is 12.1 Å². The van der Waals surface area contributed by atoms with Crippen molar-refractivity contribution in [3.8, 4) is 11.9 Å². The SMILES string of the molecule is N#Cc1c(Nc2ccc(N3CCOCC3)cc2F)ncnc1OC1CCN(C(=O)O)CC1. The largest absolute Gasteiger partial charge is 0.473 e. The third kappa shape index (κ3) is 4.81. The Balaban J connectivity index is 1.47. The van der Waals surface area contributed by atoms with Crippen LogP contribution in [0.25, 0.3) is 0 Å². The summed E-state index contributed by atoms with van der Waals surface area (Å²) in [6, 6.07) is 6.87. The maximum absolute atomic E-state index is 14.8. The number of benzene rings is 1. The van der Waals surface area contributed by atoms with E-state index < -0.39 is 11.9 Å². The number of likely N-dealkylation sites (tertiary alicyclic amines) is 1. The molecule has 10 nitrogen and oxygen atoms in total. The molecule has 1 aromatic heterocycles. The quantitative estimate of drug-likeness (QED) is 0.719. The normalized spacial score (nSPS) is 17.0. The van der Waals surface area contributed by atoms with E-state index in [9.17, 15) is 14.4 Å². The van der Waals surface area contributed by atoms with Crippen molar-refractivity contribution in [3.05, 3.63) is 35.9 Å². The number of aromatic nitrogens is 2. The summed E-state index contributed by atoms with van der Waals surface area (Å²) in [6.07, 6.45) is 0.981. The number of carbonyl (C=O) groups is 1. The van der Waals surface area contributed by atoms with Gasteiger partial charge in [0, 0.05) is 44.7 Å². The molecule has 1 aromatic carbocycles. The molecule has 0 spiro atoms. The van der Waals surface area contributed by atoms with Gasteiger partial charge >= 0.3 is 6.09 Å². The summed E-state index contributed by atoms with van der Waals surface area (Å²) in [5.74, 6) is -0.248. The van der Waals surface area contributed by atoms with Gasteiger partial charge in [-0.1, -0.05) is 0 Å². The van der Waals surface area contributed by atoms with E-state index in [0.29, 0.717) is 52.2 Å². The lowest BCUT2D eigenvalue weighted by molar-refractivity contribution is 0.0869. The first-order valence-electron chi connectivity index (χ1n) is 10.3. The molecule has 2 N–H and O–H groups in total. The molecular formula is C21H23FN6O4. The second-order valence-corrected chi connectivity index (χ2v) is 7.49. The van der Waals surface area contributed by atoms with Gasteiger partial charge in [-0.3, -0.25) is 0 Å². The number of carboxylic acid groups (broad SMARTS) is 1. The topological polar surface area (TPSA) is 124 Å². The summed E-state index contributed by atoms with van der Waals surface area (Å²) in [7, 11) is 0. The third-order valence-electron chi connectivity index (χ3n) is 5.50. The van der Waals surface area contributed by atoms with Crippen LogP contribution in [0.15, 0.2) is 24.5 Å². The standard InChI is InChI=1S/C21H23FN6O4/c22-17-11-14(27-7-9-31-10-8-27)1-2-18(17)26-19-16(12-23)20(25-13-24-19)32-15-3-5-28(6-4-15)21(29)30/h1-2,11,13,15H,3-10H2,(H,29,30)(H,24,25,26). The third-order valence-corrected chi connectivity index (χ3v) is 5.50. The number of rotatable bonds is 5. The molecule has 2 aliphatic rings. The average Bonchev–Trinajstić information content (AvgIpc) is 2.81. The molecule has 1 amide bonds. The zero-order valence-corrected chi connectivity index (χ0v) is 17.3. The average molecular weight is 442 g/mol. The van der Waals surface area contributed by atoms with Gasteiger partial charge in [0.05, 0.1) is 18.9 Å². The maximum Gasteiger partial charge on any atom is 0.407 e. The minimum Gasteiger partial charge on any atom is -0.473 e. The van der Waals surface area contributed by atoms with E-state index in [2.05, 4.69) is 15.3 Å². The fourth-order valence-corrected chi connectivity index (χ4v) is 3.73. The Morgan fingerprint density at radius 2 is 2.00 bits per heavy atom. The Labute approximate surface area is 184 Å². The first-order chi connectivity index (χ1) is 15.5. The van der Waals surface area contributed by atoms with Crippen LogP contribution in [0.1, 0.15) is 18.4 Å². The van der Waals surface area contributed by atoms with Gasteiger partial charge in [0.25, 0.3) is 0 Å². The van der Waals surface area contributed by atoms with E-state index in [0.717, 1.165) is 5.69 Å². The second-order valence-electron chi connectivity index (χ2n) is 7.49. The molecule has 2 aliphatic heterocycles. The highest BCUT2D eigenvalue weighted by Crippen LogP contribution is 2.29. The number of morpholine rings is 1. The number of hydrogen-bond donors (Lipinski definition) is 2. The van der Waals surface area contributed by atoms with Crippen molar-refractivity contribution in [2.75, 3.05) is 49.6 Å². The number of nitrogens with one attached hydrogen (secondary N) is 1. The minimum absolute atomic E-state index is 0.0600. The Bertz CT molecular complexity index is 1020. The van der Waals surface area contributed by atoms with Crippen molar-refractivity contribution < 1.29 is 23.8 Å². The molecule has 0 bridgehead atoms. The number of halogens is 1. The van der Waals surface area contributed by atoms with Crippen molar-refractivity contribution in [2.24, 2.45) is 0 Å². The lowest BCUT2D eigenvalue weighted by atomic mass is 10.1. The van der Waals surface area contributed by atoms with Crippen LogP contribution in [-0.2, 0) is 4.74 Å². The van der Waals surface area contributed by atoms with Crippen LogP contribution in [0.5, 0.6) is 5.88 Å². The maximum atomic E-state index is 14.8. The highest BCUT2D eigenvalue weighted by molar-refractivity contribution is 5.67. The Morgan fingerprint density at radius 1 is 1.25 bits per heavy atom. The molecule has 0 atom stereocenters. The van der Waals surface area contributed by atoms with Crippen LogP contribution in [0.4, 0.5) is 26.4 Å². The molecular weight excluding hydrogens is 419 g/mol. The number of anilines is 3. The van der Waals surface area contributed by atoms with E-state index in [1.807, 2.05) is 11.0 Å². The number of nitriles is 1. The number of ether oxygens (including phenoxy) is 2. The second kappa shape index (κ2) is 9.65. The van der Waals surface area contributed by atoms with Crippen molar-refractivity contribution in [1.29, 1.82) is 5.26 Å². The predicted molar refractivity (Wildman–Crippen MR) is 113 cm³/mol. The van der Waals surface area contributed by atoms with Crippen LogP contribution in [0, 0.1) is 17.1 Å². The highest BCUT2D eigenvalue weighted by Gasteiger charge is 2.25. The zero-order valence-electron chi connectivity index (χ0n) is 17.3. The van der Waals surface area contributed by atoms with Gasteiger partial charge in [-0.25, -0.2) is 19.2 Å². The van der Waals surface area contributed by atoms with Crippen molar-refractivity contribution in [2.45, 2.75) is 18.9 Å². The Hall–Kier alpha value is -3.65. The number of nitrogens with zero attached hydrogens (tertiary/aromatic N) is 5. The lowest BCUT2D eigenvalue weighted by Gasteiger charge is -2.30. The summed E-state index contributed by atoms with van der Waals surface area (Å²) in [4.78, 5) is 22.6. The molecule has 0 unspecified atom stereocenters. The minimum atomic E-state index is -0.962. The summed E-state index contributed by atoms with van der Waals surface area (Å²) < 4.78 is 26.0. The first kappa shape index (κ1) is 21.6. The Kier molecular flexibility index (Phi) is 6.51. The number of amides is 1. The molecule has 2 saturated heterocycles. The molecule has 2 aromatic rings. The Morgan fingerprint density at radius 3 is 2.66 bits per heavy atom. The van der Waals surface area contributed by atoms with Crippen LogP contribution in [-0.4, -0.2) is 71.6 Å². The van der Waals surface area contributed by atoms with Crippen LogP contribution in [0.3, 0.4) is 0 Å². The summed E-state index contributed by atoms with van der Waals surface area (Å²) >= 11 is 0. The van der Waals surface area contributed by atoms with E-state index in [4.69, 9.17) is 14.6 Å². The molecule has 32 heavy (non-hydrogen) atoms. The number of piperidine rings is 1. The van der Waals surface area contributed by atoms with Crippen LogP contribution < -0.4 is 15.0 Å². The first-order valence-corrected chi connectivity index (χ1v) is 10.3. The monoisotopic (exact) mass is 442 g/mol. The van der Waals surface area contributed by atoms with Crippen LogP contribution in [0.2, 0.25) is 0 Å². The molecule has 0 radical (unpaired) electrons. The van der Waals surface area contributed by atoms with Gasteiger partial charge in [-0.2, -0.15) is 5.26 Å². The summed E-state index contributed by atoms with van der Waals surface area (Å²) in [6.45, 7) is 3.29. The molecule has 0 aliphatic carbocycles. The fraction of sp³-hybridized carbons (Fsp3) is 0.429. The smallest absolute Gasteiger partial charge is 0.407 e.